The predicted octanol–water partition coefficient (Wildman–Crippen LogP) is 4.48. The van der Waals surface area contributed by atoms with E-state index in [-0.39, 0.29) is 11.8 Å². The Kier molecular flexibility index (Phi) is 4.24. The van der Waals surface area contributed by atoms with Gasteiger partial charge in [-0.1, -0.05) is 36.4 Å². The standard InChI is InChI=1S/C21H20N2O2S/c1-21(19(24)23-20-22-10-11-26-20)13-15-8-9-16(25-2)12-17(15)18(21)14-6-4-3-5-7-14/h3-12,18H,13H2,1-2H3,(H,22,23,24)/t18-,21+/m1/s1. The van der Waals surface area contributed by atoms with Crippen molar-refractivity contribution in [3.8, 4) is 5.75 Å². The van der Waals surface area contributed by atoms with Crippen LogP contribution in [0.5, 0.6) is 5.75 Å². The van der Waals surface area contributed by atoms with E-state index in [1.165, 1.54) is 16.9 Å². The summed E-state index contributed by atoms with van der Waals surface area (Å²) in [4.78, 5) is 17.5. The Bertz CT molecular complexity index is 924. The fourth-order valence-corrected chi connectivity index (χ4v) is 4.42. The fourth-order valence-electron chi connectivity index (χ4n) is 3.90. The van der Waals surface area contributed by atoms with Crippen molar-refractivity contribution in [3.05, 3.63) is 76.8 Å². The summed E-state index contributed by atoms with van der Waals surface area (Å²) < 4.78 is 5.43. The van der Waals surface area contributed by atoms with E-state index in [2.05, 4.69) is 34.6 Å². The molecule has 0 saturated carbocycles. The van der Waals surface area contributed by atoms with E-state index in [0.29, 0.717) is 11.6 Å². The Morgan fingerprint density at radius 3 is 2.77 bits per heavy atom. The van der Waals surface area contributed by atoms with E-state index in [1.54, 1.807) is 13.3 Å². The van der Waals surface area contributed by atoms with Crippen molar-refractivity contribution in [2.45, 2.75) is 19.3 Å². The average molecular weight is 364 g/mol. The number of rotatable bonds is 4. The molecule has 4 nitrogen and oxygen atoms in total. The Morgan fingerprint density at radius 1 is 1.27 bits per heavy atom. The Hall–Kier alpha value is -2.66. The number of carbonyl (C=O) groups is 1. The lowest BCUT2D eigenvalue weighted by molar-refractivity contribution is -0.125. The quantitative estimate of drug-likeness (QED) is 0.742. The molecule has 2 aromatic carbocycles. The number of ether oxygens (including phenoxy) is 1. The second-order valence-electron chi connectivity index (χ2n) is 6.79. The van der Waals surface area contributed by atoms with Crippen LogP contribution in [-0.2, 0) is 11.2 Å². The summed E-state index contributed by atoms with van der Waals surface area (Å²) in [7, 11) is 1.67. The molecule has 0 saturated heterocycles. The van der Waals surface area contributed by atoms with Crippen molar-refractivity contribution in [1.29, 1.82) is 0 Å². The maximum Gasteiger partial charge on any atom is 0.233 e. The number of hydrogen-bond acceptors (Lipinski definition) is 4. The fraction of sp³-hybridized carbons (Fsp3) is 0.238. The molecule has 5 heteroatoms. The zero-order valence-electron chi connectivity index (χ0n) is 14.7. The van der Waals surface area contributed by atoms with E-state index in [9.17, 15) is 4.79 Å². The number of methoxy groups -OCH3 is 1. The molecule has 26 heavy (non-hydrogen) atoms. The molecule has 0 unspecified atom stereocenters. The molecule has 1 heterocycles. The van der Waals surface area contributed by atoms with Crippen LogP contribution in [0.3, 0.4) is 0 Å². The Labute approximate surface area is 156 Å². The number of thiazole rings is 1. The van der Waals surface area contributed by atoms with Crippen LogP contribution in [0.2, 0.25) is 0 Å². The molecule has 0 bridgehead atoms. The van der Waals surface area contributed by atoms with Gasteiger partial charge in [0.25, 0.3) is 0 Å². The van der Waals surface area contributed by atoms with Crippen LogP contribution in [0.25, 0.3) is 0 Å². The van der Waals surface area contributed by atoms with E-state index in [0.717, 1.165) is 16.9 Å². The van der Waals surface area contributed by atoms with Crippen LogP contribution in [0.1, 0.15) is 29.5 Å². The highest BCUT2D eigenvalue weighted by Crippen LogP contribution is 2.52. The topological polar surface area (TPSA) is 51.2 Å². The van der Waals surface area contributed by atoms with Crippen molar-refractivity contribution in [1.82, 2.24) is 4.98 Å². The predicted molar refractivity (Wildman–Crippen MR) is 104 cm³/mol. The van der Waals surface area contributed by atoms with Crippen molar-refractivity contribution in [3.63, 3.8) is 0 Å². The molecule has 1 amide bonds. The number of anilines is 1. The molecule has 1 aliphatic rings. The van der Waals surface area contributed by atoms with Gasteiger partial charge in [-0.25, -0.2) is 4.98 Å². The van der Waals surface area contributed by atoms with Gasteiger partial charge in [0.15, 0.2) is 5.13 Å². The number of carbonyl (C=O) groups excluding carboxylic acids is 1. The molecular formula is C21H20N2O2S. The first-order chi connectivity index (χ1) is 12.6. The van der Waals surface area contributed by atoms with Crippen LogP contribution in [0.15, 0.2) is 60.1 Å². The molecule has 0 fully saturated rings. The highest BCUT2D eigenvalue weighted by atomic mass is 32.1. The van der Waals surface area contributed by atoms with Crippen molar-refractivity contribution in [2.75, 3.05) is 12.4 Å². The summed E-state index contributed by atoms with van der Waals surface area (Å²) in [6.07, 6.45) is 2.38. The Balaban J connectivity index is 1.79. The number of aromatic nitrogens is 1. The minimum atomic E-state index is -0.596. The largest absolute Gasteiger partial charge is 0.497 e. The van der Waals surface area contributed by atoms with Crippen LogP contribution in [-0.4, -0.2) is 18.0 Å². The smallest absolute Gasteiger partial charge is 0.233 e. The van der Waals surface area contributed by atoms with E-state index in [4.69, 9.17) is 4.74 Å². The third-order valence-electron chi connectivity index (χ3n) is 5.16. The number of hydrogen-bond donors (Lipinski definition) is 1. The number of fused-ring (bicyclic) bond motifs is 1. The van der Waals surface area contributed by atoms with Crippen molar-refractivity contribution >= 4 is 22.4 Å². The molecule has 4 rings (SSSR count). The van der Waals surface area contributed by atoms with Gasteiger partial charge >= 0.3 is 0 Å². The minimum absolute atomic E-state index is 0.00327. The zero-order valence-corrected chi connectivity index (χ0v) is 15.5. The average Bonchev–Trinajstić information content (AvgIpc) is 3.27. The first-order valence-corrected chi connectivity index (χ1v) is 9.42. The van der Waals surface area contributed by atoms with E-state index in [1.807, 2.05) is 36.6 Å². The minimum Gasteiger partial charge on any atom is -0.497 e. The van der Waals surface area contributed by atoms with Crippen molar-refractivity contribution < 1.29 is 9.53 Å². The number of amides is 1. The van der Waals surface area contributed by atoms with Crippen LogP contribution >= 0.6 is 11.3 Å². The summed E-state index contributed by atoms with van der Waals surface area (Å²) in [5.41, 5.74) is 2.89. The second kappa shape index (κ2) is 6.57. The molecule has 3 aromatic rings. The van der Waals surface area contributed by atoms with Gasteiger partial charge in [-0.3, -0.25) is 4.79 Å². The maximum absolute atomic E-state index is 13.3. The summed E-state index contributed by atoms with van der Waals surface area (Å²) in [5, 5.41) is 5.50. The van der Waals surface area contributed by atoms with Gasteiger partial charge in [0, 0.05) is 17.5 Å². The lowest BCUT2D eigenvalue weighted by Crippen LogP contribution is -2.37. The molecule has 2 atom stereocenters. The van der Waals surface area contributed by atoms with Gasteiger partial charge in [0.2, 0.25) is 5.91 Å². The van der Waals surface area contributed by atoms with Gasteiger partial charge in [0.1, 0.15) is 5.75 Å². The highest BCUT2D eigenvalue weighted by molar-refractivity contribution is 7.13. The second-order valence-corrected chi connectivity index (χ2v) is 7.69. The van der Waals surface area contributed by atoms with Crippen LogP contribution < -0.4 is 10.1 Å². The lowest BCUT2D eigenvalue weighted by Gasteiger charge is -2.31. The maximum atomic E-state index is 13.3. The first kappa shape index (κ1) is 16.8. The summed E-state index contributed by atoms with van der Waals surface area (Å²) >= 11 is 1.43. The summed E-state index contributed by atoms with van der Waals surface area (Å²) in [6.45, 7) is 2.04. The van der Waals surface area contributed by atoms with Crippen LogP contribution in [0.4, 0.5) is 5.13 Å². The Morgan fingerprint density at radius 2 is 2.08 bits per heavy atom. The monoisotopic (exact) mass is 364 g/mol. The summed E-state index contributed by atoms with van der Waals surface area (Å²) in [6, 6.07) is 16.3. The molecule has 132 valence electrons. The number of nitrogens with one attached hydrogen (secondary N) is 1. The normalized spacial score (nSPS) is 21.2. The highest BCUT2D eigenvalue weighted by Gasteiger charge is 2.49. The third-order valence-corrected chi connectivity index (χ3v) is 5.85. The molecule has 0 radical (unpaired) electrons. The van der Waals surface area contributed by atoms with E-state index >= 15 is 0 Å². The van der Waals surface area contributed by atoms with E-state index < -0.39 is 5.41 Å². The van der Waals surface area contributed by atoms with Gasteiger partial charge in [-0.2, -0.15) is 0 Å². The third kappa shape index (κ3) is 2.78. The molecule has 1 aliphatic carbocycles. The first-order valence-electron chi connectivity index (χ1n) is 8.54. The van der Waals surface area contributed by atoms with Gasteiger partial charge in [-0.05, 0) is 42.2 Å². The zero-order chi connectivity index (χ0) is 18.1. The van der Waals surface area contributed by atoms with Crippen LogP contribution in [0, 0.1) is 5.41 Å². The van der Waals surface area contributed by atoms with Gasteiger partial charge in [-0.15, -0.1) is 11.3 Å². The molecule has 0 spiro atoms. The summed E-state index contributed by atoms with van der Waals surface area (Å²) in [5.74, 6) is 0.777. The number of nitrogens with zero attached hydrogens (tertiary/aromatic N) is 1. The van der Waals surface area contributed by atoms with Crippen molar-refractivity contribution in [2.24, 2.45) is 5.41 Å². The lowest BCUT2D eigenvalue weighted by atomic mass is 9.73. The molecule has 0 aliphatic heterocycles. The molecular weight excluding hydrogens is 344 g/mol. The number of benzene rings is 2. The molecule has 1 N–H and O–H groups in total. The SMILES string of the molecule is COc1ccc2c(c1)[C@@H](c1ccccc1)[C@@](C)(C(=O)Nc1nccs1)C2. The van der Waals surface area contributed by atoms with Gasteiger partial charge in [0.05, 0.1) is 12.5 Å². The van der Waals surface area contributed by atoms with Gasteiger partial charge < -0.3 is 10.1 Å². The molecule has 1 aromatic heterocycles.